The third-order valence-corrected chi connectivity index (χ3v) is 2.78. The van der Waals surface area contributed by atoms with Crippen LogP contribution < -0.4 is 11.1 Å². The topological polar surface area (TPSA) is 112 Å². The number of pyridine rings is 1. The highest BCUT2D eigenvalue weighted by Crippen LogP contribution is 2.24. The number of aromatic nitrogens is 1. The van der Waals surface area contributed by atoms with Crippen molar-refractivity contribution in [2.24, 2.45) is 0 Å². The van der Waals surface area contributed by atoms with Gasteiger partial charge in [0.15, 0.2) is 0 Å². The number of anilines is 3. The van der Waals surface area contributed by atoms with Crippen LogP contribution in [0, 0.1) is 18.3 Å². The molecular formula is C14H12N4O2. The summed E-state index contributed by atoms with van der Waals surface area (Å²) in [7, 11) is 0. The number of carboxylic acid groups (broad SMARTS) is 1. The Kier molecular flexibility index (Phi) is 3.53. The zero-order valence-electron chi connectivity index (χ0n) is 10.7. The number of aryl methyl sites for hydroxylation is 1. The normalized spacial score (nSPS) is 9.80. The van der Waals surface area contributed by atoms with Crippen molar-refractivity contribution >= 4 is 23.2 Å². The molecule has 6 heteroatoms. The predicted octanol–water partition coefficient (Wildman–Crippen LogP) is 2.29. The van der Waals surface area contributed by atoms with Gasteiger partial charge in [-0.1, -0.05) is 12.1 Å². The molecule has 20 heavy (non-hydrogen) atoms. The number of nitriles is 1. The molecule has 6 nitrogen and oxygen atoms in total. The van der Waals surface area contributed by atoms with Crippen LogP contribution in [0.5, 0.6) is 0 Å². The first-order valence-electron chi connectivity index (χ1n) is 5.78. The average Bonchev–Trinajstić information content (AvgIpc) is 2.41. The molecule has 1 aromatic carbocycles. The fraction of sp³-hybridized carbons (Fsp3) is 0.0714. The van der Waals surface area contributed by atoms with Crippen molar-refractivity contribution in [1.82, 2.24) is 4.98 Å². The van der Waals surface area contributed by atoms with Gasteiger partial charge in [-0.2, -0.15) is 5.26 Å². The van der Waals surface area contributed by atoms with Gasteiger partial charge < -0.3 is 16.2 Å². The van der Waals surface area contributed by atoms with Crippen LogP contribution in [0.3, 0.4) is 0 Å². The number of hydrogen-bond donors (Lipinski definition) is 3. The molecular weight excluding hydrogens is 256 g/mol. The second-order valence-corrected chi connectivity index (χ2v) is 4.20. The van der Waals surface area contributed by atoms with Gasteiger partial charge in [0, 0.05) is 0 Å². The van der Waals surface area contributed by atoms with Crippen LogP contribution >= 0.6 is 0 Å². The number of carbonyl (C=O) groups is 1. The maximum atomic E-state index is 11.2. The highest BCUT2D eigenvalue weighted by molar-refractivity contribution is 5.95. The number of aromatic carboxylic acids is 1. The number of nitrogens with two attached hydrogens (primary N) is 1. The van der Waals surface area contributed by atoms with Crippen molar-refractivity contribution in [3.8, 4) is 6.07 Å². The van der Waals surface area contributed by atoms with Crippen molar-refractivity contribution in [2.45, 2.75) is 6.92 Å². The second kappa shape index (κ2) is 5.28. The standard InChI is InChI=1S/C14H12N4O2/c1-8-3-2-4-12(11(8)6-15)18-13-10(14(19)20)5-9(16)7-17-13/h2-5,7H,16H2,1H3,(H,17,18)(H,19,20). The summed E-state index contributed by atoms with van der Waals surface area (Å²) < 4.78 is 0. The van der Waals surface area contributed by atoms with Crippen LogP contribution in [0.15, 0.2) is 30.5 Å². The van der Waals surface area contributed by atoms with Crippen LogP contribution in [0.4, 0.5) is 17.2 Å². The fourth-order valence-electron chi connectivity index (χ4n) is 1.79. The van der Waals surface area contributed by atoms with Gasteiger partial charge in [0.05, 0.1) is 23.1 Å². The van der Waals surface area contributed by atoms with Crippen molar-refractivity contribution in [3.05, 3.63) is 47.2 Å². The fourth-order valence-corrected chi connectivity index (χ4v) is 1.79. The lowest BCUT2D eigenvalue weighted by atomic mass is 10.1. The Hall–Kier alpha value is -3.07. The SMILES string of the molecule is Cc1cccc(Nc2ncc(N)cc2C(=O)O)c1C#N. The lowest BCUT2D eigenvalue weighted by Gasteiger charge is -2.11. The molecule has 0 radical (unpaired) electrons. The van der Waals surface area contributed by atoms with Gasteiger partial charge in [-0.05, 0) is 24.6 Å². The molecule has 0 saturated carbocycles. The maximum absolute atomic E-state index is 11.2. The lowest BCUT2D eigenvalue weighted by molar-refractivity contribution is 0.0697. The van der Waals surface area contributed by atoms with Crippen molar-refractivity contribution in [1.29, 1.82) is 5.26 Å². The number of rotatable bonds is 3. The van der Waals surface area contributed by atoms with Gasteiger partial charge in [-0.15, -0.1) is 0 Å². The van der Waals surface area contributed by atoms with E-state index in [4.69, 9.17) is 16.1 Å². The minimum absolute atomic E-state index is 0.0459. The van der Waals surface area contributed by atoms with E-state index in [1.807, 2.05) is 0 Å². The molecule has 0 aliphatic rings. The number of benzene rings is 1. The summed E-state index contributed by atoms with van der Waals surface area (Å²) >= 11 is 0. The smallest absolute Gasteiger partial charge is 0.339 e. The first-order valence-corrected chi connectivity index (χ1v) is 5.78. The van der Waals surface area contributed by atoms with E-state index in [2.05, 4.69) is 16.4 Å². The molecule has 4 N–H and O–H groups in total. The van der Waals surface area contributed by atoms with E-state index in [0.29, 0.717) is 11.3 Å². The number of nitrogen functional groups attached to an aromatic ring is 1. The van der Waals surface area contributed by atoms with E-state index < -0.39 is 5.97 Å². The Balaban J connectivity index is 2.49. The highest BCUT2D eigenvalue weighted by atomic mass is 16.4. The molecule has 0 spiro atoms. The summed E-state index contributed by atoms with van der Waals surface area (Å²) in [6.07, 6.45) is 1.36. The van der Waals surface area contributed by atoms with Crippen LogP contribution in [-0.2, 0) is 0 Å². The quantitative estimate of drug-likeness (QED) is 0.787. The van der Waals surface area contributed by atoms with Gasteiger partial charge in [0.2, 0.25) is 0 Å². The van der Waals surface area contributed by atoms with E-state index in [-0.39, 0.29) is 17.1 Å². The van der Waals surface area contributed by atoms with Crippen molar-refractivity contribution in [2.75, 3.05) is 11.1 Å². The molecule has 2 aromatic rings. The van der Waals surface area contributed by atoms with Crippen LogP contribution in [0.25, 0.3) is 0 Å². The zero-order valence-corrected chi connectivity index (χ0v) is 10.7. The zero-order chi connectivity index (χ0) is 14.7. The molecule has 0 fully saturated rings. The number of nitrogens with zero attached hydrogens (tertiary/aromatic N) is 2. The summed E-state index contributed by atoms with van der Waals surface area (Å²) in [4.78, 5) is 15.2. The number of carboxylic acids is 1. The monoisotopic (exact) mass is 268 g/mol. The number of hydrogen-bond acceptors (Lipinski definition) is 5. The van der Waals surface area contributed by atoms with E-state index in [0.717, 1.165) is 5.56 Å². The first-order chi connectivity index (χ1) is 9.52. The molecule has 0 atom stereocenters. The Morgan fingerprint density at radius 3 is 2.90 bits per heavy atom. The van der Waals surface area contributed by atoms with Gasteiger partial charge >= 0.3 is 5.97 Å². The molecule has 1 aromatic heterocycles. The van der Waals surface area contributed by atoms with E-state index in [9.17, 15) is 4.79 Å². The Morgan fingerprint density at radius 2 is 2.25 bits per heavy atom. The summed E-state index contributed by atoms with van der Waals surface area (Å²) in [6, 6.07) is 8.67. The van der Waals surface area contributed by atoms with E-state index >= 15 is 0 Å². The molecule has 1 heterocycles. The summed E-state index contributed by atoms with van der Waals surface area (Å²) in [6.45, 7) is 1.80. The summed E-state index contributed by atoms with van der Waals surface area (Å²) in [5.41, 5.74) is 7.50. The Labute approximate surface area is 115 Å². The minimum atomic E-state index is -1.14. The molecule has 0 aliphatic carbocycles. The van der Waals surface area contributed by atoms with Gasteiger partial charge in [-0.3, -0.25) is 0 Å². The largest absolute Gasteiger partial charge is 0.478 e. The molecule has 0 saturated heterocycles. The summed E-state index contributed by atoms with van der Waals surface area (Å²) in [5, 5.41) is 21.2. The van der Waals surface area contributed by atoms with Crippen molar-refractivity contribution < 1.29 is 9.90 Å². The summed E-state index contributed by atoms with van der Waals surface area (Å²) in [5.74, 6) is -0.993. The van der Waals surface area contributed by atoms with E-state index in [1.165, 1.54) is 12.3 Å². The van der Waals surface area contributed by atoms with Crippen LogP contribution in [-0.4, -0.2) is 16.1 Å². The Bertz CT molecular complexity index is 720. The first kappa shape index (κ1) is 13.4. The van der Waals surface area contributed by atoms with E-state index in [1.54, 1.807) is 25.1 Å². The predicted molar refractivity (Wildman–Crippen MR) is 74.8 cm³/mol. The number of nitrogens with one attached hydrogen (secondary N) is 1. The van der Waals surface area contributed by atoms with Gasteiger partial charge in [-0.25, -0.2) is 9.78 Å². The molecule has 0 aliphatic heterocycles. The molecule has 0 unspecified atom stereocenters. The lowest BCUT2D eigenvalue weighted by Crippen LogP contribution is -2.07. The third-order valence-electron chi connectivity index (χ3n) is 2.78. The molecule has 100 valence electrons. The van der Waals surface area contributed by atoms with Gasteiger partial charge in [0.1, 0.15) is 17.5 Å². The highest BCUT2D eigenvalue weighted by Gasteiger charge is 2.14. The van der Waals surface area contributed by atoms with Crippen LogP contribution in [0.1, 0.15) is 21.5 Å². The van der Waals surface area contributed by atoms with Gasteiger partial charge in [0.25, 0.3) is 0 Å². The molecule has 0 amide bonds. The maximum Gasteiger partial charge on any atom is 0.339 e. The minimum Gasteiger partial charge on any atom is -0.478 e. The Morgan fingerprint density at radius 1 is 1.50 bits per heavy atom. The van der Waals surface area contributed by atoms with Crippen molar-refractivity contribution in [3.63, 3.8) is 0 Å². The van der Waals surface area contributed by atoms with Crippen LogP contribution in [0.2, 0.25) is 0 Å². The molecule has 0 bridgehead atoms. The second-order valence-electron chi connectivity index (χ2n) is 4.20. The molecule has 2 rings (SSSR count). The third kappa shape index (κ3) is 2.52. The average molecular weight is 268 g/mol.